The molecule has 2 aromatic rings. The lowest BCUT2D eigenvalue weighted by atomic mass is 9.98. The average Bonchev–Trinajstić information content (AvgIpc) is 2.37. The number of benzene rings is 2. The number of nitrogens with two attached hydrogens (primary N) is 1. The Morgan fingerprint density at radius 3 is 2.37 bits per heavy atom. The van der Waals surface area contributed by atoms with Crippen LogP contribution in [-0.2, 0) is 0 Å². The van der Waals surface area contributed by atoms with Gasteiger partial charge in [-0.2, -0.15) is 0 Å². The molecule has 0 bridgehead atoms. The quantitative estimate of drug-likeness (QED) is 0.668. The Morgan fingerprint density at radius 2 is 1.74 bits per heavy atom. The van der Waals surface area contributed by atoms with Crippen LogP contribution in [0.3, 0.4) is 0 Å². The summed E-state index contributed by atoms with van der Waals surface area (Å²) in [5.74, 6) is 4.30. The van der Waals surface area contributed by atoms with Crippen LogP contribution in [-0.4, -0.2) is 0 Å². The molecule has 0 saturated carbocycles. The van der Waals surface area contributed by atoms with Gasteiger partial charge in [-0.1, -0.05) is 41.4 Å². The van der Waals surface area contributed by atoms with Gasteiger partial charge in [0.15, 0.2) is 0 Å². The van der Waals surface area contributed by atoms with E-state index in [0.29, 0.717) is 5.56 Å². The SMILES string of the molecule is NNC(c1ccc(Cl)cc1F)c1cccc(F)c1Cl. The van der Waals surface area contributed by atoms with Crippen molar-refractivity contribution in [3.63, 3.8) is 0 Å². The number of hydrogen-bond acceptors (Lipinski definition) is 2. The zero-order chi connectivity index (χ0) is 14.0. The zero-order valence-corrected chi connectivity index (χ0v) is 11.1. The molecular weight excluding hydrogens is 293 g/mol. The van der Waals surface area contributed by atoms with Crippen molar-refractivity contribution in [3.8, 4) is 0 Å². The molecule has 1 unspecified atom stereocenters. The van der Waals surface area contributed by atoms with Gasteiger partial charge in [-0.15, -0.1) is 0 Å². The molecule has 0 aliphatic rings. The lowest BCUT2D eigenvalue weighted by molar-refractivity contribution is 0.556. The van der Waals surface area contributed by atoms with E-state index in [1.165, 1.54) is 24.3 Å². The summed E-state index contributed by atoms with van der Waals surface area (Å²) in [6.45, 7) is 0. The van der Waals surface area contributed by atoms with Gasteiger partial charge in [-0.25, -0.2) is 14.2 Å². The second kappa shape index (κ2) is 5.84. The van der Waals surface area contributed by atoms with E-state index >= 15 is 0 Å². The van der Waals surface area contributed by atoms with Crippen LogP contribution in [0.25, 0.3) is 0 Å². The minimum absolute atomic E-state index is 0.0974. The third-order valence-corrected chi connectivity index (χ3v) is 3.37. The van der Waals surface area contributed by atoms with Gasteiger partial charge >= 0.3 is 0 Å². The predicted molar refractivity (Wildman–Crippen MR) is 72.0 cm³/mol. The second-order valence-corrected chi connectivity index (χ2v) is 4.72. The Bertz CT molecular complexity index is 605. The van der Waals surface area contributed by atoms with Gasteiger partial charge in [-0.3, -0.25) is 5.84 Å². The Kier molecular flexibility index (Phi) is 4.37. The summed E-state index contributed by atoms with van der Waals surface area (Å²) >= 11 is 11.6. The van der Waals surface area contributed by atoms with Gasteiger partial charge in [0.05, 0.1) is 11.1 Å². The smallest absolute Gasteiger partial charge is 0.142 e. The van der Waals surface area contributed by atoms with Gasteiger partial charge in [-0.05, 0) is 23.8 Å². The lowest BCUT2D eigenvalue weighted by Gasteiger charge is -2.19. The fourth-order valence-electron chi connectivity index (χ4n) is 1.83. The van der Waals surface area contributed by atoms with E-state index in [-0.39, 0.29) is 15.6 Å². The molecule has 0 spiro atoms. The van der Waals surface area contributed by atoms with Gasteiger partial charge < -0.3 is 0 Å². The van der Waals surface area contributed by atoms with Crippen LogP contribution in [0.1, 0.15) is 17.2 Å². The van der Waals surface area contributed by atoms with Crippen molar-refractivity contribution in [2.24, 2.45) is 5.84 Å². The van der Waals surface area contributed by atoms with Crippen LogP contribution in [0.4, 0.5) is 8.78 Å². The Morgan fingerprint density at radius 1 is 1.00 bits per heavy atom. The van der Waals surface area contributed by atoms with Crippen molar-refractivity contribution < 1.29 is 8.78 Å². The monoisotopic (exact) mass is 302 g/mol. The highest BCUT2D eigenvalue weighted by molar-refractivity contribution is 6.31. The maximum absolute atomic E-state index is 13.9. The van der Waals surface area contributed by atoms with E-state index in [1.807, 2.05) is 0 Å². The largest absolute Gasteiger partial charge is 0.271 e. The van der Waals surface area contributed by atoms with Crippen LogP contribution in [0.15, 0.2) is 36.4 Å². The van der Waals surface area contributed by atoms with E-state index in [2.05, 4.69) is 5.43 Å². The molecule has 6 heteroatoms. The molecule has 1 atom stereocenters. The highest BCUT2D eigenvalue weighted by Crippen LogP contribution is 2.31. The first-order valence-electron chi connectivity index (χ1n) is 5.39. The van der Waals surface area contributed by atoms with Gasteiger partial charge in [0.25, 0.3) is 0 Å². The van der Waals surface area contributed by atoms with Crippen molar-refractivity contribution in [1.82, 2.24) is 5.43 Å². The maximum Gasteiger partial charge on any atom is 0.142 e. The molecule has 0 radical (unpaired) electrons. The van der Waals surface area contributed by atoms with Crippen LogP contribution < -0.4 is 11.3 Å². The Hall–Kier alpha value is -1.20. The molecule has 0 saturated heterocycles. The first-order chi connectivity index (χ1) is 9.04. The third kappa shape index (κ3) is 2.87. The second-order valence-electron chi connectivity index (χ2n) is 3.91. The van der Waals surface area contributed by atoms with Gasteiger partial charge in [0.1, 0.15) is 11.6 Å². The van der Waals surface area contributed by atoms with Crippen LogP contribution in [0, 0.1) is 11.6 Å². The molecule has 19 heavy (non-hydrogen) atoms. The molecule has 2 nitrogen and oxygen atoms in total. The minimum Gasteiger partial charge on any atom is -0.271 e. The number of nitrogens with one attached hydrogen (secondary N) is 1. The molecule has 0 amide bonds. The van der Waals surface area contributed by atoms with Crippen molar-refractivity contribution in [2.75, 3.05) is 0 Å². The number of hydrogen-bond donors (Lipinski definition) is 2. The molecule has 2 rings (SSSR count). The maximum atomic E-state index is 13.9. The normalized spacial score (nSPS) is 12.5. The summed E-state index contributed by atoms with van der Waals surface area (Å²) in [6.07, 6.45) is 0. The summed E-state index contributed by atoms with van der Waals surface area (Å²) in [4.78, 5) is 0. The topological polar surface area (TPSA) is 38.0 Å². The summed E-state index contributed by atoms with van der Waals surface area (Å²) < 4.78 is 27.3. The summed E-state index contributed by atoms with van der Waals surface area (Å²) in [6, 6.07) is 7.67. The van der Waals surface area contributed by atoms with Gasteiger partial charge in [0.2, 0.25) is 0 Å². The molecule has 0 fully saturated rings. The molecule has 3 N–H and O–H groups in total. The fraction of sp³-hybridized carbons (Fsp3) is 0.0769. The first-order valence-corrected chi connectivity index (χ1v) is 6.15. The Labute approximate surface area is 119 Å². The van der Waals surface area contributed by atoms with E-state index < -0.39 is 17.7 Å². The van der Waals surface area contributed by atoms with Crippen molar-refractivity contribution in [3.05, 3.63) is 69.2 Å². The van der Waals surface area contributed by atoms with Gasteiger partial charge in [0, 0.05) is 10.6 Å². The van der Waals surface area contributed by atoms with E-state index in [0.717, 1.165) is 6.07 Å². The number of hydrazine groups is 1. The molecule has 0 heterocycles. The third-order valence-electron chi connectivity index (χ3n) is 2.73. The highest BCUT2D eigenvalue weighted by Gasteiger charge is 2.20. The van der Waals surface area contributed by atoms with Crippen molar-refractivity contribution in [1.29, 1.82) is 0 Å². The molecule has 2 aromatic carbocycles. The van der Waals surface area contributed by atoms with E-state index in [9.17, 15) is 8.78 Å². The Balaban J connectivity index is 2.53. The zero-order valence-electron chi connectivity index (χ0n) is 9.63. The van der Waals surface area contributed by atoms with Crippen molar-refractivity contribution in [2.45, 2.75) is 6.04 Å². The minimum atomic E-state index is -0.763. The van der Waals surface area contributed by atoms with Crippen molar-refractivity contribution >= 4 is 23.2 Å². The summed E-state index contributed by atoms with van der Waals surface area (Å²) in [5.41, 5.74) is 3.02. The van der Waals surface area contributed by atoms with Crippen LogP contribution >= 0.6 is 23.2 Å². The summed E-state index contributed by atoms with van der Waals surface area (Å²) in [5, 5.41) is 0.169. The van der Waals surface area contributed by atoms with Crippen LogP contribution in [0.2, 0.25) is 10.0 Å². The molecule has 100 valence electrons. The molecule has 0 aliphatic heterocycles. The standard InChI is InChI=1S/C13H10Cl2F2N2/c14-7-4-5-8(11(17)6-7)13(19-18)9-2-1-3-10(16)12(9)15/h1-6,13,19H,18H2. The highest BCUT2D eigenvalue weighted by atomic mass is 35.5. The number of rotatable bonds is 3. The van der Waals surface area contributed by atoms with Crippen LogP contribution in [0.5, 0.6) is 0 Å². The average molecular weight is 303 g/mol. The van der Waals surface area contributed by atoms with E-state index in [4.69, 9.17) is 29.0 Å². The molecular formula is C13H10Cl2F2N2. The number of halogens is 4. The first kappa shape index (κ1) is 14.2. The molecule has 0 aliphatic carbocycles. The summed E-state index contributed by atoms with van der Waals surface area (Å²) in [7, 11) is 0. The predicted octanol–water partition coefficient (Wildman–Crippen LogP) is 3.82. The molecule has 0 aromatic heterocycles. The fourth-order valence-corrected chi connectivity index (χ4v) is 2.22. The lowest BCUT2D eigenvalue weighted by Crippen LogP contribution is -2.29. The van der Waals surface area contributed by atoms with E-state index in [1.54, 1.807) is 6.07 Å².